The Labute approximate surface area is 210 Å². The topological polar surface area (TPSA) is 147 Å². The zero-order valence-corrected chi connectivity index (χ0v) is 22.2. The molecule has 202 valence electrons. The zero-order chi connectivity index (χ0) is 25.8. The number of fused-ring (bicyclic) bond motifs is 5. The molecular weight excluding hydrogens is 470 g/mol. The van der Waals surface area contributed by atoms with Crippen LogP contribution in [0.3, 0.4) is 0 Å². The highest BCUT2D eigenvalue weighted by atomic mass is 32.2. The van der Waals surface area contributed by atoms with E-state index in [0.29, 0.717) is 18.8 Å². The minimum absolute atomic E-state index is 0.0464. The fourth-order valence-corrected chi connectivity index (χ4v) is 9.45. The summed E-state index contributed by atoms with van der Waals surface area (Å²) < 4.78 is 32.2. The highest BCUT2D eigenvalue weighted by Crippen LogP contribution is 2.68. The predicted molar refractivity (Wildman–Crippen MR) is 130 cm³/mol. The first-order valence-corrected chi connectivity index (χ1v) is 15.1. The van der Waals surface area contributed by atoms with E-state index in [2.05, 4.69) is 26.1 Å². The van der Waals surface area contributed by atoms with Crippen molar-refractivity contribution in [3.05, 3.63) is 0 Å². The van der Waals surface area contributed by atoms with Crippen LogP contribution in [-0.4, -0.2) is 64.8 Å². The third-order valence-corrected chi connectivity index (χ3v) is 11.7. The van der Waals surface area contributed by atoms with Crippen molar-refractivity contribution in [3.63, 3.8) is 0 Å². The smallest absolute Gasteiger partial charge is 0.220 e. The van der Waals surface area contributed by atoms with E-state index in [9.17, 15) is 33.1 Å². The number of hydrogen-bond donors (Lipinski definition) is 4. The van der Waals surface area contributed by atoms with Crippen molar-refractivity contribution >= 4 is 16.0 Å². The molecule has 0 radical (unpaired) electrons. The Bertz CT molecular complexity index is 896. The number of nitrogens with one attached hydrogen (secondary N) is 1. The minimum atomic E-state index is -4.35. The molecule has 0 bridgehead atoms. The van der Waals surface area contributed by atoms with E-state index < -0.39 is 28.1 Å². The molecule has 8 nitrogen and oxygen atoms in total. The van der Waals surface area contributed by atoms with Crippen LogP contribution in [0.25, 0.3) is 0 Å². The fraction of sp³-hybridized carbons (Fsp3) is 0.962. The zero-order valence-electron chi connectivity index (χ0n) is 21.4. The lowest BCUT2D eigenvalue weighted by Crippen LogP contribution is -2.62. The van der Waals surface area contributed by atoms with Crippen molar-refractivity contribution in [2.75, 3.05) is 12.3 Å². The van der Waals surface area contributed by atoms with Gasteiger partial charge in [0.25, 0.3) is 0 Å². The van der Waals surface area contributed by atoms with E-state index in [0.717, 1.165) is 38.5 Å². The lowest BCUT2D eigenvalue weighted by atomic mass is 9.43. The monoisotopic (exact) mass is 514 g/mol. The molecule has 1 amide bonds. The number of aliphatic hydroxyl groups excluding tert-OH is 3. The summed E-state index contributed by atoms with van der Waals surface area (Å²) >= 11 is 0. The van der Waals surface area contributed by atoms with Crippen molar-refractivity contribution in [1.29, 1.82) is 0 Å². The maximum atomic E-state index is 12.2. The molecule has 11 atom stereocenters. The van der Waals surface area contributed by atoms with Crippen LogP contribution >= 0.6 is 0 Å². The van der Waals surface area contributed by atoms with Crippen LogP contribution in [0.15, 0.2) is 0 Å². The van der Waals surface area contributed by atoms with Gasteiger partial charge in [0.2, 0.25) is 5.91 Å². The van der Waals surface area contributed by atoms with Crippen molar-refractivity contribution in [1.82, 2.24) is 5.32 Å². The predicted octanol–water partition coefficient (Wildman–Crippen LogP) is 2.03. The lowest BCUT2D eigenvalue weighted by molar-refractivity contribution is -0.207. The normalized spacial score (nSPS) is 46.3. The van der Waals surface area contributed by atoms with Gasteiger partial charge in [0, 0.05) is 13.0 Å². The average Bonchev–Trinajstić information content (AvgIpc) is 3.12. The summed E-state index contributed by atoms with van der Waals surface area (Å²) in [5.74, 6) is 0.522. The molecule has 0 unspecified atom stereocenters. The number of rotatable bonds is 7. The molecule has 4 aliphatic rings. The lowest BCUT2D eigenvalue weighted by Gasteiger charge is -2.63. The van der Waals surface area contributed by atoms with Crippen molar-refractivity contribution in [2.45, 2.75) is 96.9 Å². The molecule has 0 heterocycles. The number of hydrogen-bond acceptors (Lipinski definition) is 7. The highest BCUT2D eigenvalue weighted by molar-refractivity contribution is 7.85. The van der Waals surface area contributed by atoms with Gasteiger partial charge in [-0.05, 0) is 97.7 Å². The van der Waals surface area contributed by atoms with E-state index in [4.69, 9.17) is 0 Å². The molecule has 35 heavy (non-hydrogen) atoms. The number of amides is 1. The average molecular weight is 515 g/mol. The second kappa shape index (κ2) is 9.86. The Kier molecular flexibility index (Phi) is 7.69. The minimum Gasteiger partial charge on any atom is -0.748 e. The van der Waals surface area contributed by atoms with Crippen LogP contribution < -0.4 is 5.32 Å². The van der Waals surface area contributed by atoms with E-state index in [1.54, 1.807) is 0 Å². The SMILES string of the molecule is C[C@H](CCC(=O)NCCS(=O)(=O)[O-])[C@H]1CC[C@H]2[C@@H]3[C@@H](O)C[C@@H]4C[C@H](O)CC[C@]4(C)[C@H]3C[C@H](O)[C@]12C. The van der Waals surface area contributed by atoms with Gasteiger partial charge in [-0.25, -0.2) is 8.42 Å². The third kappa shape index (κ3) is 5.05. The van der Waals surface area contributed by atoms with Crippen LogP contribution in [0.2, 0.25) is 0 Å². The van der Waals surface area contributed by atoms with Gasteiger partial charge in [-0.15, -0.1) is 0 Å². The van der Waals surface area contributed by atoms with Gasteiger partial charge in [-0.2, -0.15) is 0 Å². The number of aliphatic hydroxyl groups is 3. The molecule has 4 saturated carbocycles. The first-order chi connectivity index (χ1) is 16.3. The Morgan fingerprint density at radius 1 is 1.09 bits per heavy atom. The molecule has 0 saturated heterocycles. The van der Waals surface area contributed by atoms with E-state index in [-0.39, 0.29) is 65.4 Å². The molecule has 4 fully saturated rings. The van der Waals surface area contributed by atoms with Gasteiger partial charge in [0.05, 0.1) is 34.2 Å². The molecule has 0 aromatic carbocycles. The summed E-state index contributed by atoms with van der Waals surface area (Å²) in [5.41, 5.74) is -0.267. The Hall–Kier alpha value is -0.740. The number of carbonyl (C=O) groups excluding carboxylic acids is 1. The van der Waals surface area contributed by atoms with Crippen LogP contribution in [0.4, 0.5) is 0 Å². The van der Waals surface area contributed by atoms with Gasteiger partial charge in [0.15, 0.2) is 0 Å². The molecule has 0 spiro atoms. The first-order valence-electron chi connectivity index (χ1n) is 13.5. The number of carbonyl (C=O) groups is 1. The van der Waals surface area contributed by atoms with E-state index >= 15 is 0 Å². The summed E-state index contributed by atoms with van der Waals surface area (Å²) in [6, 6.07) is 0. The van der Waals surface area contributed by atoms with Crippen molar-refractivity contribution in [2.24, 2.45) is 46.3 Å². The second-order valence-electron chi connectivity index (χ2n) is 12.7. The van der Waals surface area contributed by atoms with Gasteiger partial charge >= 0.3 is 0 Å². The molecule has 4 N–H and O–H groups in total. The van der Waals surface area contributed by atoms with Gasteiger partial charge in [-0.1, -0.05) is 20.8 Å². The molecule has 4 rings (SSSR count). The van der Waals surface area contributed by atoms with E-state index in [1.807, 2.05) is 0 Å². The molecule has 0 aromatic heterocycles. The van der Waals surface area contributed by atoms with Gasteiger partial charge in [-0.3, -0.25) is 4.79 Å². The van der Waals surface area contributed by atoms with Gasteiger partial charge in [0.1, 0.15) is 0 Å². The van der Waals surface area contributed by atoms with Crippen molar-refractivity contribution < 1.29 is 33.1 Å². The standard InChI is InChI=1S/C26H45NO7S/c1-15(4-7-23(31)27-10-11-35(32,33)34)18-5-6-19-24-20(14-22(30)26(18,19)3)25(2)9-8-17(28)12-16(25)13-21(24)29/h15-22,24,28-30H,4-14H2,1-3H3,(H,27,31)(H,32,33,34)/p-1/t15-,16+,17-,18-,19+,20+,21+,22+,24+,25+,26-/m1/s1. The maximum Gasteiger partial charge on any atom is 0.220 e. The van der Waals surface area contributed by atoms with Crippen LogP contribution in [0, 0.1) is 46.3 Å². The van der Waals surface area contributed by atoms with E-state index in [1.165, 1.54) is 0 Å². The summed E-state index contributed by atoms with van der Waals surface area (Å²) in [6.45, 7) is 6.48. The summed E-state index contributed by atoms with van der Waals surface area (Å²) in [6.07, 6.45) is 5.58. The summed E-state index contributed by atoms with van der Waals surface area (Å²) in [4.78, 5) is 12.2. The van der Waals surface area contributed by atoms with Crippen molar-refractivity contribution in [3.8, 4) is 0 Å². The van der Waals surface area contributed by atoms with Crippen LogP contribution in [-0.2, 0) is 14.9 Å². The van der Waals surface area contributed by atoms with Gasteiger partial charge < -0.3 is 25.2 Å². The maximum absolute atomic E-state index is 12.2. The largest absolute Gasteiger partial charge is 0.748 e. The quantitative estimate of drug-likeness (QED) is 0.380. The highest BCUT2D eigenvalue weighted by Gasteiger charge is 2.65. The Morgan fingerprint density at radius 2 is 1.80 bits per heavy atom. The van der Waals surface area contributed by atoms with Crippen LogP contribution in [0.1, 0.15) is 78.6 Å². The molecule has 4 aliphatic carbocycles. The fourth-order valence-electron chi connectivity index (χ4n) is 9.10. The molecular formula is C26H44NO7S-. The second-order valence-corrected chi connectivity index (χ2v) is 14.2. The summed E-state index contributed by atoms with van der Waals surface area (Å²) in [5, 5.41) is 35.7. The Balaban J connectivity index is 1.43. The molecule has 9 heteroatoms. The Morgan fingerprint density at radius 3 is 2.49 bits per heavy atom. The molecule has 0 aromatic rings. The third-order valence-electron chi connectivity index (χ3n) is 11.0. The molecule has 0 aliphatic heterocycles. The summed E-state index contributed by atoms with van der Waals surface area (Å²) in [7, 11) is -4.35. The first kappa shape index (κ1) is 27.3. The van der Waals surface area contributed by atoms with Crippen LogP contribution in [0.5, 0.6) is 0 Å².